The minimum atomic E-state index is 0.473. The zero-order valence-corrected chi connectivity index (χ0v) is 14.1. The summed E-state index contributed by atoms with van der Waals surface area (Å²) in [6.45, 7) is 4.01. The van der Waals surface area contributed by atoms with Gasteiger partial charge >= 0.3 is 0 Å². The monoisotopic (exact) mass is 305 g/mol. The number of aliphatic imine (C=N–C) groups is 1. The Kier molecular flexibility index (Phi) is 7.26. The summed E-state index contributed by atoms with van der Waals surface area (Å²) in [5, 5.41) is 6.87. The van der Waals surface area contributed by atoms with Gasteiger partial charge in [-0.2, -0.15) is 0 Å². The number of imidazole rings is 1. The highest BCUT2D eigenvalue weighted by Gasteiger charge is 2.14. The third-order valence-electron chi connectivity index (χ3n) is 4.56. The SMILES string of the molecule is CN=C(NCCn1ccnc1)NC(C)CCC1CCCCC1. The van der Waals surface area contributed by atoms with Gasteiger partial charge in [0.25, 0.3) is 0 Å². The molecule has 0 spiro atoms. The van der Waals surface area contributed by atoms with Crippen LogP contribution < -0.4 is 10.6 Å². The van der Waals surface area contributed by atoms with Crippen LogP contribution in [0.25, 0.3) is 0 Å². The van der Waals surface area contributed by atoms with Gasteiger partial charge in [-0.15, -0.1) is 0 Å². The predicted octanol–water partition coefficient (Wildman–Crippen LogP) is 2.80. The summed E-state index contributed by atoms with van der Waals surface area (Å²) >= 11 is 0. The molecule has 0 radical (unpaired) electrons. The second-order valence-corrected chi connectivity index (χ2v) is 6.43. The van der Waals surface area contributed by atoms with E-state index in [2.05, 4.69) is 32.1 Å². The molecule has 2 N–H and O–H groups in total. The number of nitrogens with one attached hydrogen (secondary N) is 2. The minimum Gasteiger partial charge on any atom is -0.355 e. The molecular weight excluding hydrogens is 274 g/mol. The quantitative estimate of drug-likeness (QED) is 0.601. The summed E-state index contributed by atoms with van der Waals surface area (Å²) in [5.41, 5.74) is 0. The largest absolute Gasteiger partial charge is 0.355 e. The van der Waals surface area contributed by atoms with E-state index in [9.17, 15) is 0 Å². The molecule has 1 aromatic rings. The first kappa shape index (κ1) is 16.8. The van der Waals surface area contributed by atoms with Crippen molar-refractivity contribution in [3.63, 3.8) is 0 Å². The first-order chi connectivity index (χ1) is 10.8. The van der Waals surface area contributed by atoms with Gasteiger partial charge in [0.15, 0.2) is 5.96 Å². The van der Waals surface area contributed by atoms with Crippen molar-refractivity contribution in [2.45, 2.75) is 64.5 Å². The van der Waals surface area contributed by atoms with Crippen LogP contribution in [0.3, 0.4) is 0 Å². The Morgan fingerprint density at radius 2 is 2.18 bits per heavy atom. The van der Waals surface area contributed by atoms with Crippen LogP contribution in [-0.2, 0) is 6.54 Å². The van der Waals surface area contributed by atoms with Gasteiger partial charge in [-0.25, -0.2) is 4.98 Å². The predicted molar refractivity (Wildman–Crippen MR) is 92.0 cm³/mol. The molecule has 1 aliphatic carbocycles. The number of aromatic nitrogens is 2. The fourth-order valence-corrected chi connectivity index (χ4v) is 3.18. The molecule has 1 fully saturated rings. The average Bonchev–Trinajstić information content (AvgIpc) is 3.06. The Labute approximate surface area is 134 Å². The molecule has 1 atom stereocenters. The van der Waals surface area contributed by atoms with E-state index in [1.54, 1.807) is 6.20 Å². The lowest BCUT2D eigenvalue weighted by atomic mass is 9.85. The summed E-state index contributed by atoms with van der Waals surface area (Å²) in [5.74, 6) is 1.85. The molecule has 22 heavy (non-hydrogen) atoms. The van der Waals surface area contributed by atoms with Gasteiger partial charge in [0.05, 0.1) is 6.33 Å². The molecular formula is C17H31N5. The number of hydrogen-bond acceptors (Lipinski definition) is 2. The van der Waals surface area contributed by atoms with E-state index in [0.29, 0.717) is 6.04 Å². The normalized spacial score (nSPS) is 18.2. The first-order valence-electron chi connectivity index (χ1n) is 8.71. The zero-order valence-electron chi connectivity index (χ0n) is 14.1. The van der Waals surface area contributed by atoms with Crippen molar-refractivity contribution in [2.75, 3.05) is 13.6 Å². The van der Waals surface area contributed by atoms with Gasteiger partial charge in [0.2, 0.25) is 0 Å². The highest BCUT2D eigenvalue weighted by Crippen LogP contribution is 2.27. The van der Waals surface area contributed by atoms with Crippen LogP contribution in [0.2, 0.25) is 0 Å². The van der Waals surface area contributed by atoms with E-state index in [0.717, 1.165) is 25.0 Å². The molecule has 5 heteroatoms. The Hall–Kier alpha value is -1.52. The van der Waals surface area contributed by atoms with Gasteiger partial charge in [-0.1, -0.05) is 32.1 Å². The van der Waals surface area contributed by atoms with E-state index >= 15 is 0 Å². The fourth-order valence-electron chi connectivity index (χ4n) is 3.18. The maximum Gasteiger partial charge on any atom is 0.191 e. The molecule has 1 aliphatic rings. The van der Waals surface area contributed by atoms with Crippen LogP contribution in [0, 0.1) is 5.92 Å². The second-order valence-electron chi connectivity index (χ2n) is 6.43. The maximum atomic E-state index is 4.31. The Bertz CT molecular complexity index is 420. The third-order valence-corrected chi connectivity index (χ3v) is 4.56. The van der Waals surface area contributed by atoms with E-state index < -0.39 is 0 Å². The highest BCUT2D eigenvalue weighted by atomic mass is 15.2. The number of guanidine groups is 1. The Balaban J connectivity index is 1.61. The molecule has 5 nitrogen and oxygen atoms in total. The molecule has 0 saturated heterocycles. The van der Waals surface area contributed by atoms with Gasteiger partial charge < -0.3 is 15.2 Å². The van der Waals surface area contributed by atoms with Gasteiger partial charge in [0, 0.05) is 38.6 Å². The maximum absolute atomic E-state index is 4.31. The lowest BCUT2D eigenvalue weighted by Crippen LogP contribution is -2.43. The van der Waals surface area contributed by atoms with Crippen molar-refractivity contribution in [3.05, 3.63) is 18.7 Å². The van der Waals surface area contributed by atoms with Crippen molar-refractivity contribution < 1.29 is 0 Å². The molecule has 0 bridgehead atoms. The number of nitrogens with zero attached hydrogens (tertiary/aromatic N) is 3. The smallest absolute Gasteiger partial charge is 0.191 e. The lowest BCUT2D eigenvalue weighted by molar-refractivity contribution is 0.322. The van der Waals surface area contributed by atoms with Crippen molar-refractivity contribution >= 4 is 5.96 Å². The molecule has 0 aliphatic heterocycles. The molecule has 1 saturated carbocycles. The summed E-state index contributed by atoms with van der Waals surface area (Å²) in [4.78, 5) is 8.36. The van der Waals surface area contributed by atoms with Crippen LogP contribution in [0.15, 0.2) is 23.7 Å². The van der Waals surface area contributed by atoms with Gasteiger partial charge in [0.1, 0.15) is 0 Å². The molecule has 1 unspecified atom stereocenters. The highest BCUT2D eigenvalue weighted by molar-refractivity contribution is 5.79. The summed E-state index contributed by atoms with van der Waals surface area (Å²) < 4.78 is 2.06. The fraction of sp³-hybridized carbons (Fsp3) is 0.765. The second kappa shape index (κ2) is 9.49. The first-order valence-corrected chi connectivity index (χ1v) is 8.71. The molecule has 0 amide bonds. The molecule has 0 aromatic carbocycles. The van der Waals surface area contributed by atoms with Crippen molar-refractivity contribution in [2.24, 2.45) is 10.9 Å². The van der Waals surface area contributed by atoms with Crippen molar-refractivity contribution in [1.82, 2.24) is 20.2 Å². The lowest BCUT2D eigenvalue weighted by Gasteiger charge is -2.24. The minimum absolute atomic E-state index is 0.473. The van der Waals surface area contributed by atoms with E-state index in [1.165, 1.54) is 44.9 Å². The van der Waals surface area contributed by atoms with E-state index in [1.807, 2.05) is 19.6 Å². The van der Waals surface area contributed by atoms with Crippen molar-refractivity contribution in [3.8, 4) is 0 Å². The number of hydrogen-bond donors (Lipinski definition) is 2. The Morgan fingerprint density at radius 3 is 2.86 bits per heavy atom. The number of rotatable bonds is 7. The van der Waals surface area contributed by atoms with Gasteiger partial charge in [-0.3, -0.25) is 4.99 Å². The molecule has 1 heterocycles. The average molecular weight is 305 g/mol. The molecule has 124 valence electrons. The van der Waals surface area contributed by atoms with E-state index in [-0.39, 0.29) is 0 Å². The van der Waals surface area contributed by atoms with Crippen LogP contribution in [0.5, 0.6) is 0 Å². The van der Waals surface area contributed by atoms with Crippen LogP contribution in [0.4, 0.5) is 0 Å². The van der Waals surface area contributed by atoms with Crippen LogP contribution in [0.1, 0.15) is 51.9 Å². The molecule has 2 rings (SSSR count). The third kappa shape index (κ3) is 6.08. The zero-order chi connectivity index (χ0) is 15.6. The van der Waals surface area contributed by atoms with Gasteiger partial charge in [-0.05, 0) is 25.7 Å². The van der Waals surface area contributed by atoms with Crippen LogP contribution >= 0.6 is 0 Å². The summed E-state index contributed by atoms with van der Waals surface area (Å²) in [6.07, 6.45) is 15.4. The molecule has 1 aromatic heterocycles. The standard InChI is InChI=1S/C17H31N5/c1-15(8-9-16-6-4-3-5-7-16)21-17(18-2)20-11-13-22-12-10-19-14-22/h10,12,14-16H,3-9,11,13H2,1-2H3,(H2,18,20,21). The van der Waals surface area contributed by atoms with E-state index in [4.69, 9.17) is 0 Å². The van der Waals surface area contributed by atoms with Crippen molar-refractivity contribution in [1.29, 1.82) is 0 Å². The summed E-state index contributed by atoms with van der Waals surface area (Å²) in [7, 11) is 1.83. The topological polar surface area (TPSA) is 54.2 Å². The van der Waals surface area contributed by atoms with Crippen LogP contribution in [-0.4, -0.2) is 35.1 Å². The Morgan fingerprint density at radius 1 is 1.36 bits per heavy atom. The summed E-state index contributed by atoms with van der Waals surface area (Å²) in [6, 6.07) is 0.473.